The van der Waals surface area contributed by atoms with E-state index in [1.807, 2.05) is 53.9 Å². The van der Waals surface area contributed by atoms with Gasteiger partial charge < -0.3 is 24.8 Å². The van der Waals surface area contributed by atoms with Gasteiger partial charge in [-0.1, -0.05) is 18.2 Å². The summed E-state index contributed by atoms with van der Waals surface area (Å²) < 4.78 is 1.82. The number of piperazine rings is 1. The van der Waals surface area contributed by atoms with Crippen LogP contribution in [0.2, 0.25) is 0 Å². The van der Waals surface area contributed by atoms with Crippen LogP contribution in [0.3, 0.4) is 0 Å². The van der Waals surface area contributed by atoms with Crippen molar-refractivity contribution in [2.45, 2.75) is 45.3 Å². The second-order valence-electron chi connectivity index (χ2n) is 9.70. The Hall–Kier alpha value is -3.88. The lowest BCUT2D eigenvalue weighted by Crippen LogP contribution is -2.52. The number of benzene rings is 1. The van der Waals surface area contributed by atoms with Crippen LogP contribution in [-0.4, -0.2) is 61.1 Å². The Kier molecular flexibility index (Phi) is 5.20. The maximum absolute atomic E-state index is 12.1. The molecule has 0 spiro atoms. The van der Waals surface area contributed by atoms with Gasteiger partial charge in [-0.15, -0.1) is 0 Å². The van der Waals surface area contributed by atoms with Crippen LogP contribution in [-0.2, 0) is 11.3 Å². The first kappa shape index (κ1) is 21.6. The lowest BCUT2D eigenvalue weighted by atomic mass is 10.1. The maximum Gasteiger partial charge on any atom is 0.228 e. The molecule has 1 unspecified atom stereocenters. The fourth-order valence-electron chi connectivity index (χ4n) is 5.19. The van der Waals surface area contributed by atoms with Gasteiger partial charge in [0.25, 0.3) is 0 Å². The van der Waals surface area contributed by atoms with Crippen molar-refractivity contribution in [1.82, 2.24) is 24.4 Å². The van der Waals surface area contributed by atoms with Crippen molar-refractivity contribution in [1.29, 1.82) is 0 Å². The summed E-state index contributed by atoms with van der Waals surface area (Å²) >= 11 is 0. The van der Waals surface area contributed by atoms with Crippen molar-refractivity contribution in [2.75, 3.05) is 29.9 Å². The summed E-state index contributed by atoms with van der Waals surface area (Å²) in [5, 5.41) is 16.3. The molecule has 1 aromatic carbocycles. The monoisotopic (exact) mass is 471 g/mol. The van der Waals surface area contributed by atoms with E-state index in [-0.39, 0.29) is 23.9 Å². The first-order valence-corrected chi connectivity index (χ1v) is 12.2. The fourth-order valence-corrected chi connectivity index (χ4v) is 5.19. The number of amides is 1. The van der Waals surface area contributed by atoms with E-state index in [9.17, 15) is 9.90 Å². The standard InChI is InChI=1S/C26H29N7O2/c1-16(2)33-15-20-23(25(33)35)29-26(31-9-10-32-19(14-31)7-8-22(32)34)30-24(20)28-13-17-11-18-5-3-4-6-21(18)27-12-17/h3-6,11-12,15-16,19,35H,7-10,13-14H2,1-2H3,(H,28,29,30). The van der Waals surface area contributed by atoms with E-state index in [0.717, 1.165) is 28.3 Å². The van der Waals surface area contributed by atoms with E-state index in [2.05, 4.69) is 27.3 Å². The maximum atomic E-state index is 12.1. The van der Waals surface area contributed by atoms with Crippen molar-refractivity contribution >= 4 is 39.5 Å². The highest BCUT2D eigenvalue weighted by atomic mass is 16.3. The molecule has 6 rings (SSSR count). The lowest BCUT2D eigenvalue weighted by molar-refractivity contribution is -0.129. The van der Waals surface area contributed by atoms with Gasteiger partial charge in [-0.2, -0.15) is 4.98 Å². The summed E-state index contributed by atoms with van der Waals surface area (Å²) in [5.41, 5.74) is 2.54. The van der Waals surface area contributed by atoms with E-state index < -0.39 is 0 Å². The fraction of sp³-hybridized carbons (Fsp3) is 0.385. The number of aromatic hydroxyl groups is 1. The van der Waals surface area contributed by atoms with Gasteiger partial charge in [0, 0.05) is 62.5 Å². The van der Waals surface area contributed by atoms with Crippen LogP contribution in [0.5, 0.6) is 5.88 Å². The minimum atomic E-state index is 0.0817. The summed E-state index contributed by atoms with van der Waals surface area (Å²) in [5.74, 6) is 1.64. The Morgan fingerprint density at radius 1 is 1.20 bits per heavy atom. The summed E-state index contributed by atoms with van der Waals surface area (Å²) in [7, 11) is 0. The van der Waals surface area contributed by atoms with Gasteiger partial charge in [-0.05, 0) is 38.0 Å². The zero-order valence-corrected chi connectivity index (χ0v) is 20.0. The predicted octanol–water partition coefficient (Wildman–Crippen LogP) is 3.69. The molecular weight excluding hydrogens is 442 g/mol. The van der Waals surface area contributed by atoms with Gasteiger partial charge in [0.05, 0.1) is 10.9 Å². The second kappa shape index (κ2) is 8.41. The molecule has 4 aromatic rings. The molecular formula is C26H29N7O2. The van der Waals surface area contributed by atoms with Crippen molar-refractivity contribution in [3.8, 4) is 5.88 Å². The van der Waals surface area contributed by atoms with E-state index in [4.69, 9.17) is 9.97 Å². The van der Waals surface area contributed by atoms with Crippen LogP contribution in [0, 0.1) is 0 Å². The van der Waals surface area contributed by atoms with Crippen LogP contribution in [0.15, 0.2) is 42.7 Å². The molecule has 2 aliphatic rings. The minimum Gasteiger partial charge on any atom is -0.493 e. The van der Waals surface area contributed by atoms with Crippen LogP contribution >= 0.6 is 0 Å². The van der Waals surface area contributed by atoms with E-state index >= 15 is 0 Å². The number of rotatable bonds is 5. The third-order valence-corrected chi connectivity index (χ3v) is 7.10. The summed E-state index contributed by atoms with van der Waals surface area (Å²) in [4.78, 5) is 30.5. The molecule has 2 saturated heterocycles. The number of pyridine rings is 1. The van der Waals surface area contributed by atoms with Gasteiger partial charge in [-0.25, -0.2) is 4.98 Å². The summed E-state index contributed by atoms with van der Waals surface area (Å²) in [6.45, 7) is 6.65. The number of nitrogens with zero attached hydrogens (tertiary/aromatic N) is 6. The van der Waals surface area contributed by atoms with Crippen molar-refractivity contribution < 1.29 is 9.90 Å². The van der Waals surface area contributed by atoms with Crippen LogP contribution < -0.4 is 10.2 Å². The number of carbonyl (C=O) groups excluding carboxylic acids is 1. The Bertz CT molecular complexity index is 1430. The van der Waals surface area contributed by atoms with Crippen molar-refractivity contribution in [3.63, 3.8) is 0 Å². The third kappa shape index (κ3) is 3.80. The topological polar surface area (TPSA) is 99.4 Å². The number of fused-ring (bicyclic) bond motifs is 3. The number of hydrogen-bond acceptors (Lipinski definition) is 7. The minimum absolute atomic E-state index is 0.0817. The number of para-hydroxylation sites is 1. The first-order chi connectivity index (χ1) is 17.0. The summed E-state index contributed by atoms with van der Waals surface area (Å²) in [6.07, 6.45) is 5.27. The molecule has 0 aliphatic carbocycles. The molecule has 3 aromatic heterocycles. The molecule has 9 nitrogen and oxygen atoms in total. The number of anilines is 2. The molecule has 0 bridgehead atoms. The number of carbonyl (C=O) groups is 1. The average Bonchev–Trinajstić information content (AvgIpc) is 3.42. The molecule has 1 atom stereocenters. The van der Waals surface area contributed by atoms with E-state index in [0.29, 0.717) is 49.9 Å². The smallest absolute Gasteiger partial charge is 0.228 e. The van der Waals surface area contributed by atoms with Crippen molar-refractivity contribution in [3.05, 3.63) is 48.3 Å². The molecule has 2 aliphatic heterocycles. The van der Waals surface area contributed by atoms with Gasteiger partial charge in [-0.3, -0.25) is 9.78 Å². The normalized spacial score (nSPS) is 18.1. The molecule has 1 amide bonds. The number of nitrogens with one attached hydrogen (secondary N) is 1. The lowest BCUT2D eigenvalue weighted by Gasteiger charge is -2.37. The zero-order valence-electron chi connectivity index (χ0n) is 20.0. The quantitative estimate of drug-likeness (QED) is 0.458. The largest absolute Gasteiger partial charge is 0.493 e. The van der Waals surface area contributed by atoms with Gasteiger partial charge in [0.15, 0.2) is 0 Å². The van der Waals surface area contributed by atoms with Crippen LogP contribution in [0.1, 0.15) is 38.3 Å². The van der Waals surface area contributed by atoms with E-state index in [1.54, 1.807) is 0 Å². The highest BCUT2D eigenvalue weighted by Gasteiger charge is 2.36. The first-order valence-electron chi connectivity index (χ1n) is 12.2. The molecule has 0 saturated carbocycles. The second-order valence-corrected chi connectivity index (χ2v) is 9.70. The predicted molar refractivity (Wildman–Crippen MR) is 136 cm³/mol. The van der Waals surface area contributed by atoms with Gasteiger partial charge in [0.1, 0.15) is 11.3 Å². The average molecular weight is 472 g/mol. The number of hydrogen-bond donors (Lipinski definition) is 2. The Morgan fingerprint density at radius 2 is 2.06 bits per heavy atom. The Morgan fingerprint density at radius 3 is 2.91 bits per heavy atom. The van der Waals surface area contributed by atoms with Gasteiger partial charge in [0.2, 0.25) is 17.7 Å². The molecule has 180 valence electrons. The molecule has 9 heteroatoms. The van der Waals surface area contributed by atoms with Crippen LogP contribution in [0.25, 0.3) is 21.8 Å². The van der Waals surface area contributed by atoms with E-state index in [1.165, 1.54) is 0 Å². The Balaban J connectivity index is 1.35. The van der Waals surface area contributed by atoms with Gasteiger partial charge >= 0.3 is 0 Å². The zero-order chi connectivity index (χ0) is 24.1. The highest BCUT2D eigenvalue weighted by molar-refractivity contribution is 5.94. The highest BCUT2D eigenvalue weighted by Crippen LogP contribution is 2.35. The SMILES string of the molecule is CC(C)n1cc2c(NCc3cnc4ccccc4c3)nc(N3CCN4C(=O)CCC4C3)nc2c1O. The molecule has 0 radical (unpaired) electrons. The molecule has 5 heterocycles. The third-order valence-electron chi connectivity index (χ3n) is 7.10. The molecule has 2 fully saturated rings. The van der Waals surface area contributed by atoms with Crippen LogP contribution in [0.4, 0.5) is 11.8 Å². The molecule has 35 heavy (non-hydrogen) atoms. The summed E-state index contributed by atoms with van der Waals surface area (Å²) in [6, 6.07) is 10.5. The van der Waals surface area contributed by atoms with Crippen molar-refractivity contribution in [2.24, 2.45) is 0 Å². The number of aromatic nitrogens is 4. The molecule has 2 N–H and O–H groups in total. The Labute approximate surface area is 203 Å².